The minimum absolute atomic E-state index is 0.0862. The molecule has 0 saturated carbocycles. The molecule has 0 aliphatic heterocycles. The van der Waals surface area contributed by atoms with Crippen molar-refractivity contribution in [2.24, 2.45) is 5.92 Å². The van der Waals surface area contributed by atoms with Crippen LogP contribution < -0.4 is 10.9 Å². The Bertz CT molecular complexity index is 485. The number of carbonyl (C=O) groups excluding carboxylic acids is 1. The highest BCUT2D eigenvalue weighted by Crippen LogP contribution is 2.05. The van der Waals surface area contributed by atoms with Crippen LogP contribution in [0.4, 0.5) is 0 Å². The normalized spacial score (nSPS) is 12.5. The van der Waals surface area contributed by atoms with Crippen LogP contribution >= 0.6 is 15.9 Å². The van der Waals surface area contributed by atoms with Gasteiger partial charge in [-0.25, -0.2) is 0 Å². The average Bonchev–Trinajstić information content (AvgIpc) is 2.32. The number of halogens is 1. The maximum absolute atomic E-state index is 11.9. The van der Waals surface area contributed by atoms with Gasteiger partial charge in [0.25, 0.3) is 11.5 Å². The Morgan fingerprint density at radius 2 is 2.11 bits per heavy atom. The summed E-state index contributed by atoms with van der Waals surface area (Å²) in [6.07, 6.45) is 1.39. The zero-order valence-electron chi connectivity index (χ0n) is 11.3. The molecule has 1 atom stereocenters. The topological polar surface area (TPSA) is 71.2 Å². The van der Waals surface area contributed by atoms with E-state index in [-0.39, 0.29) is 17.5 Å². The predicted molar refractivity (Wildman–Crippen MR) is 77.3 cm³/mol. The van der Waals surface area contributed by atoms with Crippen molar-refractivity contribution in [1.29, 1.82) is 0 Å². The second-order valence-corrected chi connectivity index (χ2v) is 5.73. The molecule has 5 nitrogen and oxygen atoms in total. The van der Waals surface area contributed by atoms with Gasteiger partial charge in [0, 0.05) is 18.8 Å². The van der Waals surface area contributed by atoms with Crippen molar-refractivity contribution in [1.82, 2.24) is 10.3 Å². The standard InChI is InChI=1S/C13H19BrN2O3/c1-8(2)6-19-7-9(3)16-12(17)10-4-11(14)13(18)15-5-10/h4-5,8-9H,6-7H2,1-3H3,(H,15,18)(H,16,17)/t9-/m0/s1. The molecule has 0 saturated heterocycles. The Balaban J connectivity index is 2.49. The summed E-state index contributed by atoms with van der Waals surface area (Å²) >= 11 is 3.09. The molecule has 0 bridgehead atoms. The molecule has 0 unspecified atom stereocenters. The van der Waals surface area contributed by atoms with Gasteiger partial charge < -0.3 is 15.0 Å². The first-order valence-corrected chi connectivity index (χ1v) is 6.96. The molecule has 0 radical (unpaired) electrons. The molecule has 1 heterocycles. The van der Waals surface area contributed by atoms with E-state index in [1.54, 1.807) is 0 Å². The number of hydrogen-bond donors (Lipinski definition) is 2. The predicted octanol–water partition coefficient (Wildman–Crippen LogP) is 1.93. The van der Waals surface area contributed by atoms with Crippen molar-refractivity contribution in [2.45, 2.75) is 26.8 Å². The molecule has 0 aromatic carbocycles. The molecule has 1 aromatic rings. The Hall–Kier alpha value is -1.14. The van der Waals surface area contributed by atoms with Crippen LogP contribution in [-0.4, -0.2) is 30.1 Å². The summed E-state index contributed by atoms with van der Waals surface area (Å²) in [5.74, 6) is 0.232. The van der Waals surface area contributed by atoms with E-state index in [0.717, 1.165) is 0 Å². The lowest BCUT2D eigenvalue weighted by Crippen LogP contribution is -2.36. The lowest BCUT2D eigenvalue weighted by molar-refractivity contribution is 0.0791. The van der Waals surface area contributed by atoms with E-state index in [2.05, 4.69) is 40.1 Å². The van der Waals surface area contributed by atoms with Gasteiger partial charge in [-0.15, -0.1) is 0 Å². The second-order valence-electron chi connectivity index (χ2n) is 4.87. The van der Waals surface area contributed by atoms with Gasteiger partial charge in [0.1, 0.15) is 0 Å². The first-order valence-electron chi connectivity index (χ1n) is 6.17. The first kappa shape index (κ1) is 15.9. The number of H-pyrrole nitrogens is 1. The van der Waals surface area contributed by atoms with E-state index in [1.165, 1.54) is 12.3 Å². The van der Waals surface area contributed by atoms with Crippen molar-refractivity contribution in [2.75, 3.05) is 13.2 Å². The maximum Gasteiger partial charge on any atom is 0.262 e. The fourth-order valence-corrected chi connectivity index (χ4v) is 1.78. The van der Waals surface area contributed by atoms with Gasteiger partial charge in [0.05, 0.1) is 16.6 Å². The van der Waals surface area contributed by atoms with E-state index in [4.69, 9.17) is 4.74 Å². The number of ether oxygens (including phenoxy) is 1. The fourth-order valence-electron chi connectivity index (χ4n) is 1.42. The highest BCUT2D eigenvalue weighted by molar-refractivity contribution is 9.10. The van der Waals surface area contributed by atoms with Crippen molar-refractivity contribution in [3.8, 4) is 0 Å². The van der Waals surface area contributed by atoms with Crippen LogP contribution in [0.3, 0.4) is 0 Å². The molecule has 19 heavy (non-hydrogen) atoms. The first-order chi connectivity index (χ1) is 8.90. The number of rotatable bonds is 6. The molecule has 1 rings (SSSR count). The highest BCUT2D eigenvalue weighted by atomic mass is 79.9. The molecule has 1 amide bonds. The number of carbonyl (C=O) groups is 1. The molecule has 2 N–H and O–H groups in total. The Kier molecular flexibility index (Phi) is 6.24. The smallest absolute Gasteiger partial charge is 0.262 e. The number of aromatic amines is 1. The zero-order chi connectivity index (χ0) is 14.4. The SMILES string of the molecule is CC(C)COC[C@H](C)NC(=O)c1c[nH]c(=O)c(Br)c1. The lowest BCUT2D eigenvalue weighted by Gasteiger charge is -2.15. The maximum atomic E-state index is 11.9. The van der Waals surface area contributed by atoms with Crippen LogP contribution in [0.15, 0.2) is 21.5 Å². The average molecular weight is 331 g/mol. The summed E-state index contributed by atoms with van der Waals surface area (Å²) in [4.78, 5) is 25.6. The number of pyridine rings is 1. The van der Waals surface area contributed by atoms with Gasteiger partial charge in [-0.1, -0.05) is 13.8 Å². The van der Waals surface area contributed by atoms with Gasteiger partial charge in [0.2, 0.25) is 0 Å². The zero-order valence-corrected chi connectivity index (χ0v) is 12.9. The minimum atomic E-state index is -0.259. The Morgan fingerprint density at radius 3 is 2.68 bits per heavy atom. The number of aromatic nitrogens is 1. The van der Waals surface area contributed by atoms with Crippen molar-refractivity contribution in [3.05, 3.63) is 32.7 Å². The summed E-state index contributed by atoms with van der Waals surface area (Å²) in [6.45, 7) is 7.15. The van der Waals surface area contributed by atoms with Crippen LogP contribution in [0.25, 0.3) is 0 Å². The van der Waals surface area contributed by atoms with Crippen LogP contribution in [-0.2, 0) is 4.74 Å². The van der Waals surface area contributed by atoms with Gasteiger partial charge in [-0.2, -0.15) is 0 Å². The fraction of sp³-hybridized carbons (Fsp3) is 0.538. The third-order valence-corrected chi connectivity index (χ3v) is 2.91. The third-order valence-electron chi connectivity index (χ3n) is 2.32. The molecule has 0 aliphatic carbocycles. The van der Waals surface area contributed by atoms with E-state index in [0.29, 0.717) is 29.2 Å². The summed E-state index contributed by atoms with van der Waals surface area (Å²) in [5, 5.41) is 2.81. The molecular weight excluding hydrogens is 312 g/mol. The second kappa shape index (κ2) is 7.45. The number of amides is 1. The Morgan fingerprint density at radius 1 is 1.42 bits per heavy atom. The van der Waals surface area contributed by atoms with Crippen molar-refractivity contribution in [3.63, 3.8) is 0 Å². The van der Waals surface area contributed by atoms with Gasteiger partial charge >= 0.3 is 0 Å². The molecule has 6 heteroatoms. The van der Waals surface area contributed by atoms with E-state index in [1.807, 2.05) is 6.92 Å². The van der Waals surface area contributed by atoms with Crippen LogP contribution in [0.2, 0.25) is 0 Å². The largest absolute Gasteiger partial charge is 0.379 e. The molecule has 106 valence electrons. The lowest BCUT2D eigenvalue weighted by atomic mass is 10.2. The summed E-state index contributed by atoms with van der Waals surface area (Å²) in [5.41, 5.74) is 0.145. The van der Waals surface area contributed by atoms with E-state index >= 15 is 0 Å². The van der Waals surface area contributed by atoms with E-state index < -0.39 is 0 Å². The number of hydrogen-bond acceptors (Lipinski definition) is 3. The van der Waals surface area contributed by atoms with Crippen molar-refractivity contribution < 1.29 is 9.53 Å². The van der Waals surface area contributed by atoms with Crippen LogP contribution in [0.1, 0.15) is 31.1 Å². The summed E-state index contributed by atoms with van der Waals surface area (Å²) in [6, 6.07) is 1.41. The monoisotopic (exact) mass is 330 g/mol. The highest BCUT2D eigenvalue weighted by Gasteiger charge is 2.11. The summed E-state index contributed by atoms with van der Waals surface area (Å²) < 4.78 is 5.79. The van der Waals surface area contributed by atoms with Crippen molar-refractivity contribution >= 4 is 21.8 Å². The minimum Gasteiger partial charge on any atom is -0.379 e. The quantitative estimate of drug-likeness (QED) is 0.837. The van der Waals surface area contributed by atoms with Gasteiger partial charge in [0.15, 0.2) is 0 Å². The Labute approximate surface area is 120 Å². The molecule has 0 fully saturated rings. The molecule has 0 spiro atoms. The van der Waals surface area contributed by atoms with Crippen LogP contribution in [0, 0.1) is 5.92 Å². The summed E-state index contributed by atoms with van der Waals surface area (Å²) in [7, 11) is 0. The van der Waals surface area contributed by atoms with Gasteiger partial charge in [-0.3, -0.25) is 9.59 Å². The van der Waals surface area contributed by atoms with Gasteiger partial charge in [-0.05, 0) is 34.8 Å². The number of nitrogens with one attached hydrogen (secondary N) is 2. The third kappa shape index (κ3) is 5.57. The molecule has 1 aromatic heterocycles. The molecular formula is C13H19BrN2O3. The van der Waals surface area contributed by atoms with Crippen LogP contribution in [0.5, 0.6) is 0 Å². The van der Waals surface area contributed by atoms with E-state index in [9.17, 15) is 9.59 Å². The molecule has 0 aliphatic rings.